The number of esters is 1. The molecule has 0 radical (unpaired) electrons. The second-order valence-electron chi connectivity index (χ2n) is 4.46. The molecule has 0 aromatic heterocycles. The first-order valence-electron chi connectivity index (χ1n) is 6.56. The third kappa shape index (κ3) is 4.10. The molecule has 2 aromatic carbocycles. The molecule has 0 N–H and O–H groups in total. The number of allylic oxidation sites excluding steroid dienone is 2. The summed E-state index contributed by atoms with van der Waals surface area (Å²) in [6, 6.07) is 10.5. The Bertz CT molecular complexity index is 764. The van der Waals surface area contributed by atoms with Crippen molar-refractivity contribution in [3.05, 3.63) is 88.8 Å². The minimum atomic E-state index is -0.676. The van der Waals surface area contributed by atoms with Crippen molar-refractivity contribution in [2.75, 3.05) is 0 Å². The zero-order valence-corrected chi connectivity index (χ0v) is 11.9. The lowest BCUT2D eigenvalue weighted by atomic mass is 10.1. The number of hydrogen-bond acceptors (Lipinski definition) is 4. The second kappa shape index (κ2) is 7.13. The number of benzene rings is 2. The van der Waals surface area contributed by atoms with Crippen LogP contribution in [0.3, 0.4) is 0 Å². The van der Waals surface area contributed by atoms with Crippen molar-refractivity contribution < 1.29 is 18.8 Å². The number of carbonyl (C=O) groups excluding carboxylic acids is 1. The standard InChI is InChI=1S/C17H12FNO4/c1-2-3-16(12-4-6-13(18)7-5-12)17(20)23-15-10-8-14(9-11-15)19(21)22/h2-11H,1H2. The molecular formula is C17H12FNO4. The largest absolute Gasteiger partial charge is 0.423 e. The fourth-order valence-electron chi connectivity index (χ4n) is 1.83. The number of nitrogens with zero attached hydrogens (tertiary/aromatic N) is 1. The van der Waals surface area contributed by atoms with Gasteiger partial charge in [0.15, 0.2) is 0 Å². The average molecular weight is 313 g/mol. The van der Waals surface area contributed by atoms with Gasteiger partial charge in [-0.1, -0.05) is 24.8 Å². The van der Waals surface area contributed by atoms with Gasteiger partial charge in [0, 0.05) is 12.1 Å². The second-order valence-corrected chi connectivity index (χ2v) is 4.46. The van der Waals surface area contributed by atoms with Crippen LogP contribution in [-0.4, -0.2) is 10.9 Å². The Morgan fingerprint density at radius 3 is 2.26 bits per heavy atom. The van der Waals surface area contributed by atoms with Gasteiger partial charge in [-0.15, -0.1) is 0 Å². The Balaban J connectivity index is 2.22. The molecule has 0 saturated carbocycles. The van der Waals surface area contributed by atoms with Gasteiger partial charge in [-0.25, -0.2) is 9.18 Å². The molecule has 0 saturated heterocycles. The van der Waals surface area contributed by atoms with Crippen molar-refractivity contribution in [3.63, 3.8) is 0 Å². The van der Waals surface area contributed by atoms with Crippen LogP contribution in [0.25, 0.3) is 5.57 Å². The summed E-state index contributed by atoms with van der Waals surface area (Å²) in [4.78, 5) is 22.3. The quantitative estimate of drug-likeness (QED) is 0.209. The van der Waals surface area contributed by atoms with Crippen LogP contribution in [0.15, 0.2) is 67.3 Å². The van der Waals surface area contributed by atoms with Gasteiger partial charge >= 0.3 is 5.97 Å². The Hall–Kier alpha value is -3.28. The average Bonchev–Trinajstić information content (AvgIpc) is 2.54. The third-order valence-electron chi connectivity index (χ3n) is 2.92. The molecular weight excluding hydrogens is 301 g/mol. The van der Waals surface area contributed by atoms with E-state index in [1.165, 1.54) is 60.7 Å². The number of carbonyl (C=O) groups is 1. The van der Waals surface area contributed by atoms with E-state index in [1.807, 2.05) is 0 Å². The summed E-state index contributed by atoms with van der Waals surface area (Å²) in [5.41, 5.74) is 0.557. The van der Waals surface area contributed by atoms with Gasteiger partial charge in [-0.3, -0.25) is 10.1 Å². The predicted octanol–water partition coefficient (Wildman–Crippen LogP) is 3.91. The summed E-state index contributed by atoms with van der Waals surface area (Å²) in [5, 5.41) is 10.6. The van der Waals surface area contributed by atoms with Crippen molar-refractivity contribution in [3.8, 4) is 5.75 Å². The van der Waals surface area contributed by atoms with E-state index in [0.29, 0.717) is 5.56 Å². The van der Waals surface area contributed by atoms with Gasteiger partial charge in [0.2, 0.25) is 0 Å². The third-order valence-corrected chi connectivity index (χ3v) is 2.92. The molecule has 0 fully saturated rings. The van der Waals surface area contributed by atoms with Crippen LogP contribution in [0, 0.1) is 15.9 Å². The van der Waals surface area contributed by atoms with Gasteiger partial charge in [0.05, 0.1) is 10.5 Å². The van der Waals surface area contributed by atoms with Crippen LogP contribution in [0.5, 0.6) is 5.75 Å². The molecule has 6 heteroatoms. The molecule has 0 spiro atoms. The van der Waals surface area contributed by atoms with E-state index in [9.17, 15) is 19.3 Å². The van der Waals surface area contributed by atoms with Gasteiger partial charge in [0.25, 0.3) is 5.69 Å². The summed E-state index contributed by atoms with van der Waals surface area (Å²) in [6.07, 6.45) is 2.86. The van der Waals surface area contributed by atoms with E-state index in [0.717, 1.165) is 0 Å². The highest BCUT2D eigenvalue weighted by Gasteiger charge is 2.15. The highest BCUT2D eigenvalue weighted by Crippen LogP contribution is 2.21. The lowest BCUT2D eigenvalue weighted by molar-refractivity contribution is -0.384. The number of hydrogen-bond donors (Lipinski definition) is 0. The van der Waals surface area contributed by atoms with Gasteiger partial charge in [0.1, 0.15) is 11.6 Å². The number of halogens is 1. The first-order chi connectivity index (χ1) is 11.0. The van der Waals surface area contributed by atoms with Crippen LogP contribution in [0.4, 0.5) is 10.1 Å². The monoisotopic (exact) mass is 313 g/mol. The minimum absolute atomic E-state index is 0.106. The molecule has 23 heavy (non-hydrogen) atoms. The molecule has 0 aliphatic carbocycles. The fourth-order valence-corrected chi connectivity index (χ4v) is 1.83. The van der Waals surface area contributed by atoms with Crippen molar-refractivity contribution in [2.24, 2.45) is 0 Å². The van der Waals surface area contributed by atoms with Crippen LogP contribution in [-0.2, 0) is 4.79 Å². The highest BCUT2D eigenvalue weighted by molar-refractivity contribution is 6.17. The number of non-ortho nitro benzene ring substituents is 1. The lowest BCUT2D eigenvalue weighted by Gasteiger charge is -2.08. The topological polar surface area (TPSA) is 69.4 Å². The molecule has 0 aliphatic rings. The lowest BCUT2D eigenvalue weighted by Crippen LogP contribution is -2.10. The molecule has 0 bridgehead atoms. The first kappa shape index (κ1) is 16.1. The molecule has 2 aromatic rings. The highest BCUT2D eigenvalue weighted by atomic mass is 19.1. The Morgan fingerprint density at radius 2 is 1.74 bits per heavy atom. The van der Waals surface area contributed by atoms with Crippen LogP contribution in [0.2, 0.25) is 0 Å². The van der Waals surface area contributed by atoms with Gasteiger partial charge < -0.3 is 4.74 Å². The van der Waals surface area contributed by atoms with E-state index in [1.54, 1.807) is 0 Å². The SMILES string of the molecule is C=CC=C(C(=O)Oc1ccc([N+](=O)[O-])cc1)c1ccc(F)cc1. The van der Waals surface area contributed by atoms with Crippen LogP contribution < -0.4 is 4.74 Å². The number of nitro groups is 1. The number of rotatable bonds is 5. The molecule has 5 nitrogen and oxygen atoms in total. The summed E-state index contributed by atoms with van der Waals surface area (Å²) in [7, 11) is 0. The first-order valence-corrected chi connectivity index (χ1v) is 6.56. The van der Waals surface area contributed by atoms with Crippen LogP contribution >= 0.6 is 0 Å². The Labute approximate surface area is 131 Å². The van der Waals surface area contributed by atoms with Crippen molar-refractivity contribution in [1.82, 2.24) is 0 Å². The van der Waals surface area contributed by atoms with E-state index in [2.05, 4.69) is 6.58 Å². The van der Waals surface area contributed by atoms with Crippen molar-refractivity contribution in [1.29, 1.82) is 0 Å². The summed E-state index contributed by atoms with van der Waals surface area (Å²) in [5.74, 6) is -0.932. The normalized spacial score (nSPS) is 10.9. The summed E-state index contributed by atoms with van der Waals surface area (Å²) in [6.45, 7) is 3.53. The maximum Gasteiger partial charge on any atom is 0.344 e. The van der Waals surface area contributed by atoms with E-state index in [4.69, 9.17) is 4.74 Å². The molecule has 0 atom stereocenters. The summed E-state index contributed by atoms with van der Waals surface area (Å²) >= 11 is 0. The Kier molecular flexibility index (Phi) is 4.99. The fraction of sp³-hybridized carbons (Fsp3) is 0. The molecule has 116 valence electrons. The smallest absolute Gasteiger partial charge is 0.344 e. The summed E-state index contributed by atoms with van der Waals surface area (Å²) < 4.78 is 18.2. The van der Waals surface area contributed by atoms with E-state index >= 15 is 0 Å². The predicted molar refractivity (Wildman–Crippen MR) is 83.3 cm³/mol. The van der Waals surface area contributed by atoms with Crippen LogP contribution in [0.1, 0.15) is 5.56 Å². The maximum atomic E-state index is 13.0. The van der Waals surface area contributed by atoms with Crippen molar-refractivity contribution >= 4 is 17.2 Å². The molecule has 2 rings (SSSR count). The van der Waals surface area contributed by atoms with Crippen molar-refractivity contribution in [2.45, 2.75) is 0 Å². The molecule has 0 amide bonds. The Morgan fingerprint density at radius 1 is 1.13 bits per heavy atom. The van der Waals surface area contributed by atoms with E-state index < -0.39 is 16.7 Å². The molecule has 0 unspecified atom stereocenters. The minimum Gasteiger partial charge on any atom is -0.423 e. The van der Waals surface area contributed by atoms with Gasteiger partial charge in [-0.05, 0) is 35.9 Å². The van der Waals surface area contributed by atoms with Gasteiger partial charge in [-0.2, -0.15) is 0 Å². The zero-order chi connectivity index (χ0) is 16.8. The maximum absolute atomic E-state index is 13.0. The number of ether oxygens (including phenoxy) is 1. The number of nitro benzene ring substituents is 1. The van der Waals surface area contributed by atoms with E-state index in [-0.39, 0.29) is 17.0 Å². The molecule has 0 heterocycles. The zero-order valence-electron chi connectivity index (χ0n) is 11.9. The molecule has 0 aliphatic heterocycles.